The van der Waals surface area contributed by atoms with E-state index in [0.29, 0.717) is 56.0 Å². The van der Waals surface area contributed by atoms with Crippen molar-refractivity contribution in [2.75, 3.05) is 53.3 Å². The number of ether oxygens (including phenoxy) is 6. The number of anilines is 1. The normalized spacial score (nSPS) is 23.8. The molecule has 100 heavy (non-hydrogen) atoms. The summed E-state index contributed by atoms with van der Waals surface area (Å²) in [5, 5.41) is 71.9. The average molecular weight is 1410 g/mol. The predicted octanol–water partition coefficient (Wildman–Crippen LogP) is 3.53. The number of alkyl carbamates (subject to hydrolysis) is 1. The minimum absolute atomic E-state index is 0.0218. The molecule has 30 heteroatoms. The number of methoxy groups -OCH3 is 2. The van der Waals surface area contributed by atoms with Crippen LogP contribution in [0.15, 0.2) is 48.5 Å². The Balaban J connectivity index is 0.969. The second-order valence-electron chi connectivity index (χ2n) is 27.7. The number of amides is 7. The zero-order valence-electron chi connectivity index (χ0n) is 59.6. The first-order valence-corrected chi connectivity index (χ1v) is 34.6. The predicted molar refractivity (Wildman–Crippen MR) is 360 cm³/mol. The van der Waals surface area contributed by atoms with Crippen molar-refractivity contribution in [3.05, 3.63) is 71.0 Å². The summed E-state index contributed by atoms with van der Waals surface area (Å²) in [5.41, 5.74) is 2.60. The van der Waals surface area contributed by atoms with E-state index in [9.17, 15) is 68.7 Å². The number of hydrogen-bond acceptors (Lipinski definition) is 21. The first kappa shape index (κ1) is 79.5. The number of Topliss-reactive ketones (excluding diaryl/α,β-unsaturated/α-hetero) is 1. The number of aromatic nitrogens is 3. The fourth-order valence-electron chi connectivity index (χ4n) is 14.2. The van der Waals surface area contributed by atoms with Gasteiger partial charge in [0.15, 0.2) is 11.9 Å². The molecule has 3 aromatic rings. The van der Waals surface area contributed by atoms with Gasteiger partial charge in [-0.25, -0.2) is 19.1 Å². The topological polar surface area (TPSA) is 399 Å². The van der Waals surface area contributed by atoms with E-state index in [-0.39, 0.29) is 79.0 Å². The van der Waals surface area contributed by atoms with Crippen LogP contribution in [0.1, 0.15) is 136 Å². The summed E-state index contributed by atoms with van der Waals surface area (Å²) in [6.07, 6.45) is -9.69. The Morgan fingerprint density at radius 3 is 2.13 bits per heavy atom. The van der Waals surface area contributed by atoms with Crippen LogP contribution in [-0.2, 0) is 83.2 Å². The zero-order chi connectivity index (χ0) is 73.6. The molecule has 3 heterocycles. The van der Waals surface area contributed by atoms with E-state index < -0.39 is 139 Å². The number of fused-ring (bicyclic) bond motifs is 2. The van der Waals surface area contributed by atoms with E-state index in [2.05, 4.69) is 31.6 Å². The molecule has 4 aliphatic rings. The summed E-state index contributed by atoms with van der Waals surface area (Å²) in [6.45, 7) is 15.9. The van der Waals surface area contributed by atoms with Gasteiger partial charge in [-0.1, -0.05) is 96.5 Å². The van der Waals surface area contributed by atoms with Crippen molar-refractivity contribution in [3.63, 3.8) is 0 Å². The van der Waals surface area contributed by atoms with Gasteiger partial charge in [-0.15, -0.1) is 5.10 Å². The van der Waals surface area contributed by atoms with Gasteiger partial charge in [-0.05, 0) is 111 Å². The lowest BCUT2D eigenvalue weighted by Gasteiger charge is -2.41. The average Bonchev–Trinajstić information content (AvgIpc) is 1.58. The summed E-state index contributed by atoms with van der Waals surface area (Å²) in [6, 6.07) is 8.96. The van der Waals surface area contributed by atoms with Crippen LogP contribution in [0, 0.1) is 41.4 Å². The Kier molecular flexibility index (Phi) is 28.7. The summed E-state index contributed by atoms with van der Waals surface area (Å²) in [5.74, 6) is -5.50. The van der Waals surface area contributed by atoms with Crippen LogP contribution in [0.2, 0.25) is 0 Å². The second kappa shape index (κ2) is 36.1. The van der Waals surface area contributed by atoms with Gasteiger partial charge in [0.25, 0.3) is 0 Å². The first-order chi connectivity index (χ1) is 47.4. The molecule has 9 N–H and O–H groups in total. The molecule has 18 atom stereocenters. The second-order valence-corrected chi connectivity index (χ2v) is 27.7. The van der Waals surface area contributed by atoms with E-state index in [1.807, 2.05) is 19.9 Å². The molecular weight excluding hydrogens is 1300 g/mol. The number of carboxylic acid groups (broad SMARTS) is 1. The number of rotatable bonds is 33. The molecule has 7 amide bonds. The van der Waals surface area contributed by atoms with Gasteiger partial charge in [0.2, 0.25) is 35.8 Å². The molecule has 1 aromatic heterocycles. The summed E-state index contributed by atoms with van der Waals surface area (Å²) < 4.78 is 36.2. The molecular formula is C70H104N10O20. The number of aryl methyl sites for hydroxylation is 1. The molecule has 2 aliphatic heterocycles. The van der Waals surface area contributed by atoms with Gasteiger partial charge in [0.05, 0.1) is 72.5 Å². The number of hydrogen-bond donors (Lipinski definition) is 9. The third kappa shape index (κ3) is 19.8. The van der Waals surface area contributed by atoms with Crippen LogP contribution < -0.4 is 26.0 Å². The number of aliphatic carboxylic acids is 1. The molecule has 1 saturated carbocycles. The lowest BCUT2D eigenvalue weighted by Crippen LogP contribution is -2.61. The largest absolute Gasteiger partial charge is 0.479 e. The highest BCUT2D eigenvalue weighted by atomic mass is 16.7. The molecule has 3 fully saturated rings. The summed E-state index contributed by atoms with van der Waals surface area (Å²) >= 11 is 0. The van der Waals surface area contributed by atoms with E-state index in [0.717, 1.165) is 29.1 Å². The van der Waals surface area contributed by atoms with Crippen molar-refractivity contribution in [2.45, 2.75) is 212 Å². The number of carboxylic acids is 1. The number of likely N-dealkylation sites (tertiary alicyclic amines) is 1. The van der Waals surface area contributed by atoms with Crippen molar-refractivity contribution in [3.8, 4) is 5.75 Å². The molecule has 0 radical (unpaired) electrons. The highest BCUT2D eigenvalue weighted by Gasteiger charge is 2.52. The number of carbonyl (C=O) groups is 9. The lowest BCUT2D eigenvalue weighted by atomic mass is 9.89. The molecule has 2 saturated heterocycles. The summed E-state index contributed by atoms with van der Waals surface area (Å²) in [4.78, 5) is 126. The third-order valence-corrected chi connectivity index (χ3v) is 20.1. The van der Waals surface area contributed by atoms with Crippen LogP contribution in [0.3, 0.4) is 0 Å². The van der Waals surface area contributed by atoms with Gasteiger partial charge < -0.3 is 85.0 Å². The minimum atomic E-state index is -2.03. The number of ketones is 1. The molecule has 7 rings (SSSR count). The highest BCUT2D eigenvalue weighted by Crippen LogP contribution is 2.53. The van der Waals surface area contributed by atoms with E-state index >= 15 is 0 Å². The Morgan fingerprint density at radius 1 is 0.810 bits per heavy atom. The van der Waals surface area contributed by atoms with Gasteiger partial charge in [0.1, 0.15) is 49.3 Å². The third-order valence-electron chi connectivity index (χ3n) is 20.1. The quantitative estimate of drug-likeness (QED) is 0.0421. The molecule has 0 bridgehead atoms. The lowest BCUT2D eigenvalue weighted by molar-refractivity contribution is -0.271. The van der Waals surface area contributed by atoms with Gasteiger partial charge in [-0.3, -0.25) is 33.7 Å². The number of carbonyl (C=O) groups excluding carboxylic acids is 8. The van der Waals surface area contributed by atoms with Crippen LogP contribution in [-0.4, -0.2) is 230 Å². The maximum atomic E-state index is 14.9. The van der Waals surface area contributed by atoms with Crippen LogP contribution in [0.5, 0.6) is 5.75 Å². The monoisotopic (exact) mass is 1400 g/mol. The maximum absolute atomic E-state index is 14.9. The van der Waals surface area contributed by atoms with E-state index in [1.165, 1.54) is 51.3 Å². The molecule has 5 unspecified atom stereocenters. The molecule has 2 aliphatic carbocycles. The van der Waals surface area contributed by atoms with Gasteiger partial charge in [0, 0.05) is 47.8 Å². The highest BCUT2D eigenvalue weighted by molar-refractivity contribution is 5.93. The fourth-order valence-corrected chi connectivity index (χ4v) is 14.2. The van der Waals surface area contributed by atoms with Gasteiger partial charge >= 0.3 is 18.2 Å². The van der Waals surface area contributed by atoms with Crippen molar-refractivity contribution in [1.82, 2.24) is 45.6 Å². The van der Waals surface area contributed by atoms with Crippen LogP contribution >= 0.6 is 0 Å². The zero-order valence-corrected chi connectivity index (χ0v) is 59.6. The smallest absolute Gasteiger partial charge is 0.410 e. The number of nitrogens with one attached hydrogen (secondary N) is 4. The number of nitrogens with zero attached hydrogens (tertiary/aromatic N) is 6. The van der Waals surface area contributed by atoms with E-state index in [1.54, 1.807) is 82.4 Å². The Labute approximate surface area is 583 Å². The van der Waals surface area contributed by atoms with Crippen molar-refractivity contribution >= 4 is 59.2 Å². The first-order valence-electron chi connectivity index (χ1n) is 34.6. The number of aliphatic hydroxyl groups excluding tert-OH is 4. The van der Waals surface area contributed by atoms with Crippen molar-refractivity contribution in [1.29, 1.82) is 0 Å². The molecule has 554 valence electrons. The standard InChI is InChI=1S/C70H104N10O20/c1-14-38(6)57(52(95-12)32-54(83)79-30-18-21-50(79)62(96-13)40(8)64(88)72-41(9)58(84)43-19-16-15-17-20-43)77(10)66(90)55(36(2)3)74-65(89)56(37(4)5)78(11)70(94)98-34-42-22-27-51(99-68-61(87)59(85)60(86)63(100-68)67(91)92)48(31-42)73-53(82)28-29-71-69(93)97-35-46-44-23-25-47-49(26-24-45(44)46)80(76-75-47)33-39(7)81/h15-17,19-20,22,27,31,36-38,40-41,44-46,50,52,55-63,68,84-87H,14,18,21,23-26,28-30,32-35H2,1-13H3,(H,71,93)(H,72,88)(H,73,82)(H,74,89)(H,91,92)/t38-,40+,41+,44?,45?,46?,50-,52+,55-,56-,57-,58+,59-,60+,61?,62+,63?,68+/m0/s1. The Morgan fingerprint density at radius 2 is 1.50 bits per heavy atom. The Bertz CT molecular complexity index is 3300. The minimum Gasteiger partial charge on any atom is -0.479 e. The summed E-state index contributed by atoms with van der Waals surface area (Å²) in [7, 11) is 5.94. The van der Waals surface area contributed by atoms with Crippen molar-refractivity contribution < 1.29 is 97.1 Å². The molecule has 2 aromatic carbocycles. The van der Waals surface area contributed by atoms with Gasteiger partial charge in [-0.2, -0.15) is 0 Å². The maximum Gasteiger partial charge on any atom is 0.410 e. The fraction of sp³-hybridized carbons (Fsp3) is 0.671. The number of aliphatic hydroxyl groups is 4. The number of likely N-dealkylation sites (N-methyl/N-ethyl adjacent to an activating group) is 2. The van der Waals surface area contributed by atoms with Crippen LogP contribution in [0.25, 0.3) is 0 Å². The van der Waals surface area contributed by atoms with Crippen molar-refractivity contribution in [2.24, 2.45) is 41.4 Å². The Hall–Kier alpha value is -7.87. The molecule has 0 spiro atoms. The van der Waals surface area contributed by atoms with E-state index in [4.69, 9.17) is 28.4 Å². The molecule has 30 nitrogen and oxygen atoms in total. The number of benzene rings is 2. The van der Waals surface area contributed by atoms with Crippen LogP contribution in [0.4, 0.5) is 15.3 Å². The SMILES string of the molecule is CC[C@H](C)[C@@H]([C@@H](CC(=O)N1CCC[C@H]1[C@H](OC)[C@@H](C)C(=O)N[C@H](C)[C@@H](O)c1ccccc1)OC)N(C)C(=O)[C@@H](NC(=O)[C@H](C(C)C)N(C)C(=O)OCc1ccc(O[C@@H]2OC(C(=O)O)[C@H](O)[C@H](O)C2O)c(NC(=O)CCNC(=O)OCC2C3CCc4nnn(CC(C)=O)c4CCC32)c1)C(C)C.